The molecular formula is C19H19ClN4OS2. The minimum atomic E-state index is 0.172. The summed E-state index contributed by atoms with van der Waals surface area (Å²) in [6.45, 7) is 4.15. The van der Waals surface area contributed by atoms with Crippen molar-refractivity contribution in [1.82, 2.24) is 19.8 Å². The molecule has 0 N–H and O–H groups in total. The van der Waals surface area contributed by atoms with E-state index < -0.39 is 0 Å². The van der Waals surface area contributed by atoms with Gasteiger partial charge in [0.2, 0.25) is 5.91 Å². The Morgan fingerprint density at radius 3 is 2.85 bits per heavy atom. The highest BCUT2D eigenvalue weighted by Crippen LogP contribution is 2.28. The number of benzene rings is 1. The van der Waals surface area contributed by atoms with Crippen molar-refractivity contribution in [3.05, 3.63) is 52.6 Å². The first-order valence-corrected chi connectivity index (χ1v) is 11.0. The van der Waals surface area contributed by atoms with Crippen LogP contribution >= 0.6 is 34.7 Å². The summed E-state index contributed by atoms with van der Waals surface area (Å²) in [5.74, 6) is 0.587. The number of halogens is 1. The summed E-state index contributed by atoms with van der Waals surface area (Å²) >= 11 is 9.18. The third kappa shape index (κ3) is 4.60. The Bertz CT molecular complexity index is 940. The van der Waals surface area contributed by atoms with Gasteiger partial charge in [-0.3, -0.25) is 9.69 Å². The maximum atomic E-state index is 12.6. The Morgan fingerprint density at radius 1 is 1.19 bits per heavy atom. The van der Waals surface area contributed by atoms with Gasteiger partial charge in [0, 0.05) is 37.7 Å². The zero-order valence-corrected chi connectivity index (χ0v) is 17.1. The van der Waals surface area contributed by atoms with Crippen LogP contribution in [-0.2, 0) is 11.3 Å². The molecule has 1 aromatic carbocycles. The van der Waals surface area contributed by atoms with Gasteiger partial charge in [0.1, 0.15) is 11.4 Å². The number of amides is 1. The maximum Gasteiger partial charge on any atom is 0.233 e. The Morgan fingerprint density at radius 2 is 2.04 bits per heavy atom. The summed E-state index contributed by atoms with van der Waals surface area (Å²) in [6, 6.07) is 9.94. The minimum absolute atomic E-state index is 0.172. The van der Waals surface area contributed by atoms with Gasteiger partial charge in [-0.15, -0.1) is 11.3 Å². The molecule has 0 unspecified atom stereocenters. The van der Waals surface area contributed by atoms with Crippen LogP contribution < -0.4 is 0 Å². The molecule has 5 nitrogen and oxygen atoms in total. The van der Waals surface area contributed by atoms with E-state index in [1.54, 1.807) is 17.7 Å². The smallest absolute Gasteiger partial charge is 0.233 e. The molecule has 1 aliphatic heterocycles. The van der Waals surface area contributed by atoms with Gasteiger partial charge in [0.25, 0.3) is 0 Å². The Hall–Kier alpha value is -1.67. The second kappa shape index (κ2) is 8.56. The fraction of sp³-hybridized carbons (Fsp3) is 0.316. The van der Waals surface area contributed by atoms with Gasteiger partial charge in [-0.05, 0) is 29.1 Å². The van der Waals surface area contributed by atoms with Gasteiger partial charge in [0.15, 0.2) is 0 Å². The molecule has 1 fully saturated rings. The Labute approximate surface area is 171 Å². The molecule has 27 heavy (non-hydrogen) atoms. The molecule has 0 saturated carbocycles. The van der Waals surface area contributed by atoms with Crippen LogP contribution in [0.5, 0.6) is 0 Å². The van der Waals surface area contributed by atoms with E-state index in [4.69, 9.17) is 11.6 Å². The van der Waals surface area contributed by atoms with Crippen LogP contribution in [0.15, 0.2) is 47.1 Å². The molecule has 0 spiro atoms. The number of carbonyl (C=O) groups is 1. The first kappa shape index (κ1) is 18.7. The third-order valence-electron chi connectivity index (χ3n) is 4.56. The van der Waals surface area contributed by atoms with Crippen molar-refractivity contribution in [2.45, 2.75) is 11.6 Å². The van der Waals surface area contributed by atoms with Gasteiger partial charge in [0.05, 0.1) is 16.0 Å². The van der Waals surface area contributed by atoms with E-state index in [0.717, 1.165) is 53.0 Å². The third-order valence-corrected chi connectivity index (χ3v) is 6.81. The molecule has 3 aromatic rings. The lowest BCUT2D eigenvalue weighted by Gasteiger charge is -2.34. The molecule has 4 rings (SSSR count). The van der Waals surface area contributed by atoms with Gasteiger partial charge < -0.3 is 4.90 Å². The highest BCUT2D eigenvalue weighted by atomic mass is 35.5. The van der Waals surface area contributed by atoms with E-state index in [9.17, 15) is 4.79 Å². The second-order valence-corrected chi connectivity index (χ2v) is 8.71. The predicted octanol–water partition coefficient (Wildman–Crippen LogP) is 3.78. The molecular weight excluding hydrogens is 400 g/mol. The molecule has 1 saturated heterocycles. The number of hydrogen-bond acceptors (Lipinski definition) is 6. The van der Waals surface area contributed by atoms with E-state index in [2.05, 4.69) is 20.9 Å². The highest BCUT2D eigenvalue weighted by Gasteiger charge is 2.21. The number of hydrogen-bond donors (Lipinski definition) is 0. The van der Waals surface area contributed by atoms with Crippen LogP contribution in [0.2, 0.25) is 5.02 Å². The van der Waals surface area contributed by atoms with Gasteiger partial charge in [-0.1, -0.05) is 35.5 Å². The van der Waals surface area contributed by atoms with Crippen LogP contribution in [0, 0.1) is 0 Å². The van der Waals surface area contributed by atoms with Crippen molar-refractivity contribution in [3.63, 3.8) is 0 Å². The lowest BCUT2D eigenvalue weighted by Crippen LogP contribution is -2.48. The van der Waals surface area contributed by atoms with Crippen molar-refractivity contribution in [2.24, 2.45) is 0 Å². The van der Waals surface area contributed by atoms with E-state index in [-0.39, 0.29) is 5.91 Å². The topological polar surface area (TPSA) is 49.3 Å². The SMILES string of the molecule is O=C(CSc1ncnc2ccsc12)N1CCN(Cc2cccc(Cl)c2)CC1. The first-order chi connectivity index (χ1) is 13.2. The number of nitrogens with zero attached hydrogens (tertiary/aromatic N) is 4. The van der Waals surface area contributed by atoms with Crippen LogP contribution in [0.25, 0.3) is 10.2 Å². The average Bonchev–Trinajstić information content (AvgIpc) is 3.16. The number of aromatic nitrogens is 2. The van der Waals surface area contributed by atoms with Crippen molar-refractivity contribution in [2.75, 3.05) is 31.9 Å². The number of thioether (sulfide) groups is 1. The standard InChI is InChI=1S/C19H19ClN4OS2/c20-15-3-1-2-14(10-15)11-23-5-7-24(8-6-23)17(25)12-27-19-18-16(4-9-26-18)21-13-22-19/h1-4,9-10,13H,5-8,11-12H2. The molecule has 0 atom stereocenters. The van der Waals surface area contributed by atoms with E-state index in [0.29, 0.717) is 5.75 Å². The molecule has 140 valence electrons. The van der Waals surface area contributed by atoms with Gasteiger partial charge in [-0.25, -0.2) is 9.97 Å². The molecule has 0 aliphatic carbocycles. The normalized spacial score (nSPS) is 15.4. The quantitative estimate of drug-likeness (QED) is 0.466. The summed E-state index contributed by atoms with van der Waals surface area (Å²) in [4.78, 5) is 25.5. The van der Waals surface area contributed by atoms with Crippen LogP contribution in [0.1, 0.15) is 5.56 Å². The van der Waals surface area contributed by atoms with Crippen LogP contribution in [0.4, 0.5) is 0 Å². The van der Waals surface area contributed by atoms with E-state index >= 15 is 0 Å². The fourth-order valence-electron chi connectivity index (χ4n) is 3.14. The van der Waals surface area contributed by atoms with Gasteiger partial charge in [-0.2, -0.15) is 0 Å². The number of rotatable bonds is 5. The lowest BCUT2D eigenvalue weighted by molar-refractivity contribution is -0.130. The molecule has 2 aromatic heterocycles. The summed E-state index contributed by atoms with van der Waals surface area (Å²) in [6.07, 6.45) is 1.57. The zero-order chi connectivity index (χ0) is 18.6. The molecule has 8 heteroatoms. The molecule has 0 radical (unpaired) electrons. The largest absolute Gasteiger partial charge is 0.339 e. The second-order valence-electron chi connectivity index (χ2n) is 6.39. The van der Waals surface area contributed by atoms with Crippen LogP contribution in [-0.4, -0.2) is 57.6 Å². The summed E-state index contributed by atoms with van der Waals surface area (Å²) in [5, 5.41) is 3.66. The molecule has 1 aliphatic rings. The molecule has 0 bridgehead atoms. The number of fused-ring (bicyclic) bond motifs is 1. The predicted molar refractivity (Wildman–Crippen MR) is 111 cm³/mol. The fourth-order valence-corrected chi connectivity index (χ4v) is 5.20. The lowest BCUT2D eigenvalue weighted by atomic mass is 10.2. The van der Waals surface area contributed by atoms with Crippen molar-refractivity contribution < 1.29 is 4.79 Å². The Kier molecular flexibility index (Phi) is 5.92. The summed E-state index contributed by atoms with van der Waals surface area (Å²) < 4.78 is 1.06. The number of carbonyl (C=O) groups excluding carboxylic acids is 1. The first-order valence-electron chi connectivity index (χ1n) is 8.74. The monoisotopic (exact) mass is 418 g/mol. The van der Waals surface area contributed by atoms with E-state index in [1.807, 2.05) is 34.5 Å². The van der Waals surface area contributed by atoms with Crippen molar-refractivity contribution >= 4 is 50.8 Å². The van der Waals surface area contributed by atoms with Crippen molar-refractivity contribution in [3.8, 4) is 0 Å². The van der Waals surface area contributed by atoms with Crippen LogP contribution in [0.3, 0.4) is 0 Å². The summed E-state index contributed by atoms with van der Waals surface area (Å²) in [5.41, 5.74) is 2.15. The zero-order valence-electron chi connectivity index (χ0n) is 14.7. The van der Waals surface area contributed by atoms with E-state index in [1.165, 1.54) is 17.3 Å². The molecule has 1 amide bonds. The molecule has 3 heterocycles. The minimum Gasteiger partial charge on any atom is -0.339 e. The highest BCUT2D eigenvalue weighted by molar-refractivity contribution is 8.00. The average molecular weight is 419 g/mol. The Balaban J connectivity index is 1.28. The number of piperazine rings is 1. The van der Waals surface area contributed by atoms with Crippen molar-refractivity contribution in [1.29, 1.82) is 0 Å². The summed E-state index contributed by atoms with van der Waals surface area (Å²) in [7, 11) is 0. The maximum absolute atomic E-state index is 12.6. The number of thiophene rings is 1. The van der Waals surface area contributed by atoms with Gasteiger partial charge >= 0.3 is 0 Å².